The lowest BCUT2D eigenvalue weighted by Crippen LogP contribution is -2.11. The molecule has 2 aromatic rings. The van der Waals surface area contributed by atoms with Gasteiger partial charge in [-0.1, -0.05) is 29.3 Å². The fourth-order valence-electron chi connectivity index (χ4n) is 2.05. The number of benzene rings is 2. The predicted molar refractivity (Wildman–Crippen MR) is 84.9 cm³/mol. The number of hydrogen-bond acceptors (Lipinski definition) is 3. The second-order valence-electron chi connectivity index (χ2n) is 4.89. The molecule has 21 heavy (non-hydrogen) atoms. The van der Waals surface area contributed by atoms with E-state index in [0.717, 1.165) is 11.1 Å². The Kier molecular flexibility index (Phi) is 4.51. The highest BCUT2D eigenvalue weighted by molar-refractivity contribution is 7.87. The van der Waals surface area contributed by atoms with Gasteiger partial charge in [-0.25, -0.2) is 0 Å². The molecule has 0 aliphatic rings. The fraction of sp³-hybridized carbons (Fsp3) is 0.200. The number of hydrogen-bond donors (Lipinski definition) is 0. The van der Waals surface area contributed by atoms with Crippen molar-refractivity contribution in [2.45, 2.75) is 25.7 Å². The summed E-state index contributed by atoms with van der Waals surface area (Å²) >= 11 is 11.8. The van der Waals surface area contributed by atoms with E-state index in [-0.39, 0.29) is 15.7 Å². The molecular formula is C15H14Cl2O3S. The average molecular weight is 345 g/mol. The third-order valence-electron chi connectivity index (χ3n) is 2.89. The molecule has 0 aromatic heterocycles. The molecule has 0 aliphatic heterocycles. The minimum Gasteiger partial charge on any atom is -0.379 e. The molecule has 2 rings (SSSR count). The molecule has 0 aliphatic carbocycles. The molecule has 0 heterocycles. The van der Waals surface area contributed by atoms with Crippen LogP contribution in [0.25, 0.3) is 0 Å². The van der Waals surface area contributed by atoms with Crippen LogP contribution in [0.3, 0.4) is 0 Å². The molecule has 0 spiro atoms. The van der Waals surface area contributed by atoms with Gasteiger partial charge < -0.3 is 4.18 Å². The van der Waals surface area contributed by atoms with E-state index in [0.29, 0.717) is 10.6 Å². The maximum Gasteiger partial charge on any atom is 0.339 e. The van der Waals surface area contributed by atoms with Crippen LogP contribution in [0.1, 0.15) is 16.7 Å². The minimum atomic E-state index is -3.96. The van der Waals surface area contributed by atoms with Crippen molar-refractivity contribution in [3.8, 4) is 5.75 Å². The van der Waals surface area contributed by atoms with Crippen LogP contribution in [-0.4, -0.2) is 8.42 Å². The van der Waals surface area contributed by atoms with E-state index < -0.39 is 10.1 Å². The Labute approximate surface area is 134 Å². The van der Waals surface area contributed by atoms with Gasteiger partial charge in [0.05, 0.1) is 10.0 Å². The van der Waals surface area contributed by atoms with Crippen LogP contribution in [0.2, 0.25) is 10.0 Å². The van der Waals surface area contributed by atoms with Gasteiger partial charge in [0, 0.05) is 0 Å². The molecule has 2 aromatic carbocycles. The summed E-state index contributed by atoms with van der Waals surface area (Å²) in [5.74, 6) is 0.276. The maximum atomic E-state index is 12.4. The van der Waals surface area contributed by atoms with E-state index in [1.165, 1.54) is 12.1 Å². The topological polar surface area (TPSA) is 43.4 Å². The first-order chi connectivity index (χ1) is 9.69. The zero-order valence-corrected chi connectivity index (χ0v) is 14.1. The van der Waals surface area contributed by atoms with Crippen molar-refractivity contribution >= 4 is 33.3 Å². The van der Waals surface area contributed by atoms with Crippen LogP contribution in [0.4, 0.5) is 0 Å². The molecule has 0 amide bonds. The molecule has 0 atom stereocenters. The van der Waals surface area contributed by atoms with E-state index >= 15 is 0 Å². The molecule has 0 N–H and O–H groups in total. The average Bonchev–Trinajstić information content (AvgIpc) is 2.31. The zero-order valence-electron chi connectivity index (χ0n) is 11.8. The number of halogens is 2. The monoisotopic (exact) mass is 344 g/mol. The van der Waals surface area contributed by atoms with Crippen molar-refractivity contribution < 1.29 is 12.6 Å². The molecule has 0 saturated carbocycles. The van der Waals surface area contributed by atoms with Gasteiger partial charge in [-0.05, 0) is 61.7 Å². The molecular weight excluding hydrogens is 331 g/mol. The molecule has 0 unspecified atom stereocenters. The van der Waals surface area contributed by atoms with Crippen molar-refractivity contribution in [2.24, 2.45) is 0 Å². The molecule has 3 nitrogen and oxygen atoms in total. The summed E-state index contributed by atoms with van der Waals surface area (Å²) < 4.78 is 30.0. The Morgan fingerprint density at radius 1 is 0.857 bits per heavy atom. The predicted octanol–water partition coefficient (Wildman–Crippen LogP) is 4.69. The molecule has 0 radical (unpaired) electrons. The Balaban J connectivity index is 2.45. The zero-order chi connectivity index (χ0) is 15.8. The summed E-state index contributed by atoms with van der Waals surface area (Å²) in [4.78, 5) is 0.0102. The Morgan fingerprint density at radius 2 is 1.38 bits per heavy atom. The first-order valence-electron chi connectivity index (χ1n) is 6.17. The van der Waals surface area contributed by atoms with Crippen molar-refractivity contribution in [2.75, 3.05) is 0 Å². The van der Waals surface area contributed by atoms with Crippen LogP contribution < -0.4 is 4.18 Å². The van der Waals surface area contributed by atoms with Gasteiger partial charge in [-0.3, -0.25) is 0 Å². The van der Waals surface area contributed by atoms with Gasteiger partial charge in [-0.2, -0.15) is 8.42 Å². The van der Waals surface area contributed by atoms with E-state index in [9.17, 15) is 8.42 Å². The highest BCUT2D eigenvalue weighted by atomic mass is 35.5. The van der Waals surface area contributed by atoms with Crippen molar-refractivity contribution in [3.05, 3.63) is 57.1 Å². The van der Waals surface area contributed by atoms with Gasteiger partial charge in [0.15, 0.2) is 0 Å². The lowest BCUT2D eigenvalue weighted by molar-refractivity contribution is 0.485. The largest absolute Gasteiger partial charge is 0.379 e. The summed E-state index contributed by atoms with van der Waals surface area (Å²) in [6, 6.07) is 8.07. The van der Waals surface area contributed by atoms with Gasteiger partial charge in [-0.15, -0.1) is 0 Å². The van der Waals surface area contributed by atoms with Crippen LogP contribution >= 0.6 is 23.2 Å². The molecule has 6 heteroatoms. The Hall–Kier alpha value is -1.23. The highest BCUT2D eigenvalue weighted by Crippen LogP contribution is 2.30. The molecule has 0 fully saturated rings. The van der Waals surface area contributed by atoms with Crippen LogP contribution in [0.15, 0.2) is 35.2 Å². The van der Waals surface area contributed by atoms with Crippen LogP contribution in [-0.2, 0) is 10.1 Å². The first-order valence-corrected chi connectivity index (χ1v) is 8.34. The lowest BCUT2D eigenvalue weighted by Gasteiger charge is -2.11. The first kappa shape index (κ1) is 16.1. The Bertz CT molecular complexity index is 779. The van der Waals surface area contributed by atoms with Crippen LogP contribution in [0, 0.1) is 20.8 Å². The quantitative estimate of drug-likeness (QED) is 0.758. The van der Waals surface area contributed by atoms with Crippen molar-refractivity contribution in [3.63, 3.8) is 0 Å². The summed E-state index contributed by atoms with van der Waals surface area (Å²) in [6.45, 7) is 5.38. The van der Waals surface area contributed by atoms with Crippen molar-refractivity contribution in [1.82, 2.24) is 0 Å². The van der Waals surface area contributed by atoms with E-state index in [1.54, 1.807) is 19.1 Å². The summed E-state index contributed by atoms with van der Waals surface area (Å²) in [6.07, 6.45) is 0. The SMILES string of the molecule is Cc1cc(C)cc(OS(=O)(=O)c2cc(Cl)c(Cl)cc2C)c1. The van der Waals surface area contributed by atoms with Gasteiger partial charge in [0.25, 0.3) is 0 Å². The second kappa shape index (κ2) is 5.87. The van der Waals surface area contributed by atoms with Gasteiger partial charge in [0.2, 0.25) is 0 Å². The maximum absolute atomic E-state index is 12.4. The lowest BCUT2D eigenvalue weighted by atomic mass is 10.1. The second-order valence-corrected chi connectivity index (χ2v) is 7.22. The summed E-state index contributed by atoms with van der Waals surface area (Å²) in [5.41, 5.74) is 2.32. The van der Waals surface area contributed by atoms with Gasteiger partial charge in [0.1, 0.15) is 10.6 Å². The standard InChI is InChI=1S/C15H14Cl2O3S/c1-9-4-10(2)6-12(5-9)20-21(18,19)15-8-14(17)13(16)7-11(15)3/h4-8H,1-3H3. The summed E-state index contributed by atoms with van der Waals surface area (Å²) in [7, 11) is -3.96. The minimum absolute atomic E-state index is 0.0102. The van der Waals surface area contributed by atoms with Crippen molar-refractivity contribution in [1.29, 1.82) is 0 Å². The molecule has 0 saturated heterocycles. The molecule has 0 bridgehead atoms. The van der Waals surface area contributed by atoms with Gasteiger partial charge >= 0.3 is 10.1 Å². The highest BCUT2D eigenvalue weighted by Gasteiger charge is 2.21. The number of aryl methyl sites for hydroxylation is 3. The Morgan fingerprint density at radius 3 is 1.95 bits per heavy atom. The smallest absolute Gasteiger partial charge is 0.339 e. The number of rotatable bonds is 3. The normalized spacial score (nSPS) is 11.5. The third-order valence-corrected chi connectivity index (χ3v) is 5.00. The van der Waals surface area contributed by atoms with E-state index in [1.807, 2.05) is 19.9 Å². The van der Waals surface area contributed by atoms with E-state index in [2.05, 4.69) is 0 Å². The van der Waals surface area contributed by atoms with E-state index in [4.69, 9.17) is 27.4 Å². The summed E-state index contributed by atoms with van der Waals surface area (Å²) in [5, 5.41) is 0.476. The van der Waals surface area contributed by atoms with Crippen LogP contribution in [0.5, 0.6) is 5.75 Å². The molecule has 112 valence electrons. The third kappa shape index (κ3) is 3.70. The fourth-order valence-corrected chi connectivity index (χ4v) is 3.65.